The minimum Gasteiger partial charge on any atom is -0.486 e. The highest BCUT2D eigenvalue weighted by atomic mass is 32.1. The van der Waals surface area contributed by atoms with Gasteiger partial charge in [-0.3, -0.25) is 19.3 Å². The molecule has 4 aromatic rings. The average Bonchev–Trinajstić information content (AvgIpc) is 3.54. The number of anilines is 2. The molecular formula is C28H30N6O5S. The summed E-state index contributed by atoms with van der Waals surface area (Å²) in [5.41, 5.74) is 12.4. The van der Waals surface area contributed by atoms with Crippen LogP contribution in [0, 0.1) is 0 Å². The molecule has 0 radical (unpaired) electrons. The summed E-state index contributed by atoms with van der Waals surface area (Å²) >= 11 is 0.750. The number of para-hydroxylation sites is 1. The van der Waals surface area contributed by atoms with Crippen molar-refractivity contribution in [3.05, 3.63) is 64.8 Å². The first-order valence-electron chi connectivity index (χ1n) is 12.8. The maximum Gasteiger partial charge on any atom is 0.273 e. The standard InChI is InChI=1S/C28H30N6O5S/c1-4-28(2,3)32-26(36)23(17-14-31-18-8-6-5-7-16(17)18)34(15-9-10-19-20(13-15)39-12-11-38-19)27(37)24-21(29)22(25(30)35)33-40-24/h5-10,13-14,23,31H,4,11-12,29H2,1-3H3,(H2,30,35)(H,32,36)/t23-/m0/s1. The molecule has 0 unspecified atom stereocenters. The smallest absolute Gasteiger partial charge is 0.273 e. The van der Waals surface area contributed by atoms with E-state index in [1.54, 1.807) is 24.4 Å². The van der Waals surface area contributed by atoms with Crippen LogP contribution in [0.15, 0.2) is 48.7 Å². The molecule has 1 atom stereocenters. The summed E-state index contributed by atoms with van der Waals surface area (Å²) in [6, 6.07) is 11.4. The molecular weight excluding hydrogens is 532 g/mol. The van der Waals surface area contributed by atoms with Crippen LogP contribution >= 0.6 is 11.5 Å². The number of fused-ring (bicyclic) bond motifs is 2. The van der Waals surface area contributed by atoms with Gasteiger partial charge < -0.3 is 31.2 Å². The van der Waals surface area contributed by atoms with E-state index in [0.29, 0.717) is 42.4 Å². The molecule has 1 aliphatic rings. The van der Waals surface area contributed by atoms with Crippen molar-refractivity contribution < 1.29 is 23.9 Å². The van der Waals surface area contributed by atoms with Crippen LogP contribution in [0.4, 0.5) is 11.4 Å². The number of nitrogens with two attached hydrogens (primary N) is 2. The van der Waals surface area contributed by atoms with Crippen molar-refractivity contribution in [3.63, 3.8) is 0 Å². The first-order chi connectivity index (χ1) is 19.1. The van der Waals surface area contributed by atoms with Crippen LogP contribution < -0.4 is 31.2 Å². The fourth-order valence-electron chi connectivity index (χ4n) is 4.51. The van der Waals surface area contributed by atoms with Gasteiger partial charge >= 0.3 is 0 Å². The van der Waals surface area contributed by atoms with Crippen LogP contribution in [0.2, 0.25) is 0 Å². The fourth-order valence-corrected chi connectivity index (χ4v) is 5.25. The number of hydrogen-bond acceptors (Lipinski definition) is 8. The van der Waals surface area contributed by atoms with Gasteiger partial charge in [0.1, 0.15) is 24.1 Å². The minimum atomic E-state index is -1.14. The van der Waals surface area contributed by atoms with Gasteiger partial charge in [-0.05, 0) is 50.0 Å². The zero-order valence-corrected chi connectivity index (χ0v) is 23.1. The van der Waals surface area contributed by atoms with Crippen molar-refractivity contribution >= 4 is 51.5 Å². The fraction of sp³-hybridized carbons (Fsp3) is 0.286. The number of nitrogens with one attached hydrogen (secondary N) is 2. The Hall–Kier alpha value is -4.58. The maximum atomic E-state index is 14.4. The average molecular weight is 563 g/mol. The summed E-state index contributed by atoms with van der Waals surface area (Å²) in [7, 11) is 0. The summed E-state index contributed by atoms with van der Waals surface area (Å²) in [6.07, 6.45) is 2.37. The molecule has 6 N–H and O–H groups in total. The van der Waals surface area contributed by atoms with Gasteiger partial charge in [-0.2, -0.15) is 4.37 Å². The van der Waals surface area contributed by atoms with Gasteiger partial charge in [-0.25, -0.2) is 0 Å². The van der Waals surface area contributed by atoms with Crippen molar-refractivity contribution in [1.29, 1.82) is 0 Å². The molecule has 208 valence electrons. The Kier molecular flexibility index (Phi) is 7.11. The second-order valence-corrected chi connectivity index (χ2v) is 10.8. The zero-order chi connectivity index (χ0) is 28.6. The van der Waals surface area contributed by atoms with Crippen molar-refractivity contribution in [1.82, 2.24) is 14.7 Å². The van der Waals surface area contributed by atoms with Crippen LogP contribution in [0.1, 0.15) is 59.0 Å². The van der Waals surface area contributed by atoms with Gasteiger partial charge in [0.2, 0.25) is 5.91 Å². The third-order valence-electron chi connectivity index (χ3n) is 6.95. The molecule has 1 aliphatic heterocycles. The van der Waals surface area contributed by atoms with E-state index in [1.807, 2.05) is 45.0 Å². The lowest BCUT2D eigenvalue weighted by Gasteiger charge is -2.34. The van der Waals surface area contributed by atoms with Crippen LogP contribution in [-0.2, 0) is 4.79 Å². The molecule has 11 nitrogen and oxygen atoms in total. The van der Waals surface area contributed by atoms with Crippen molar-refractivity contribution in [2.24, 2.45) is 5.73 Å². The van der Waals surface area contributed by atoms with Gasteiger partial charge in [-0.1, -0.05) is 25.1 Å². The predicted octanol–water partition coefficient (Wildman–Crippen LogP) is 3.77. The normalized spacial score (nSPS) is 13.6. The number of aromatic nitrogens is 2. The number of carbonyl (C=O) groups is 3. The van der Waals surface area contributed by atoms with Crippen molar-refractivity contribution in [2.75, 3.05) is 23.8 Å². The number of benzene rings is 2. The van der Waals surface area contributed by atoms with Crippen LogP contribution in [0.5, 0.6) is 11.5 Å². The van der Waals surface area contributed by atoms with Crippen LogP contribution in [-0.4, -0.2) is 45.8 Å². The Labute approximate surface area is 234 Å². The number of hydrogen-bond donors (Lipinski definition) is 4. The van der Waals surface area contributed by atoms with Gasteiger partial charge in [-0.15, -0.1) is 0 Å². The largest absolute Gasteiger partial charge is 0.486 e. The van der Waals surface area contributed by atoms with E-state index < -0.39 is 29.3 Å². The lowest BCUT2D eigenvalue weighted by Crippen LogP contribution is -2.50. The Morgan fingerprint density at radius 1 is 1.15 bits per heavy atom. The number of rotatable bonds is 8. The van der Waals surface area contributed by atoms with Gasteiger partial charge in [0.25, 0.3) is 11.8 Å². The monoisotopic (exact) mass is 562 g/mol. The molecule has 2 aromatic heterocycles. The van der Waals surface area contributed by atoms with Crippen LogP contribution in [0.3, 0.4) is 0 Å². The topological polar surface area (TPSA) is 166 Å². The predicted molar refractivity (Wildman–Crippen MR) is 153 cm³/mol. The Morgan fingerprint density at radius 3 is 2.58 bits per heavy atom. The quantitative estimate of drug-likeness (QED) is 0.254. The van der Waals surface area contributed by atoms with E-state index in [9.17, 15) is 14.4 Å². The lowest BCUT2D eigenvalue weighted by molar-refractivity contribution is -0.124. The molecule has 3 amide bonds. The number of ether oxygens (including phenoxy) is 2. The molecule has 12 heteroatoms. The van der Waals surface area contributed by atoms with E-state index in [1.165, 1.54) is 4.90 Å². The highest BCUT2D eigenvalue weighted by Gasteiger charge is 2.39. The number of nitrogens with zero attached hydrogens (tertiary/aromatic N) is 2. The second kappa shape index (κ2) is 10.5. The third-order valence-corrected chi connectivity index (χ3v) is 7.80. The molecule has 40 heavy (non-hydrogen) atoms. The molecule has 0 bridgehead atoms. The minimum absolute atomic E-state index is 0.0175. The van der Waals surface area contributed by atoms with E-state index in [0.717, 1.165) is 22.4 Å². The number of amides is 3. The summed E-state index contributed by atoms with van der Waals surface area (Å²) in [5.74, 6) is -0.925. The van der Waals surface area contributed by atoms with E-state index in [4.69, 9.17) is 20.9 Å². The number of primary amides is 1. The number of aromatic amines is 1. The highest BCUT2D eigenvalue weighted by Crippen LogP contribution is 2.40. The highest BCUT2D eigenvalue weighted by molar-refractivity contribution is 7.09. The second-order valence-electron chi connectivity index (χ2n) is 10.1. The van der Waals surface area contributed by atoms with Gasteiger partial charge in [0, 0.05) is 40.0 Å². The number of nitrogen functional groups attached to an aromatic ring is 1. The SMILES string of the molecule is CCC(C)(C)NC(=O)[C@H](c1c[nH]c2ccccc12)N(C(=O)c1snc(C(N)=O)c1N)c1ccc2c(c1)OCCO2. The molecule has 0 saturated carbocycles. The number of H-pyrrole nitrogens is 1. The van der Waals surface area contributed by atoms with Crippen molar-refractivity contribution in [2.45, 2.75) is 38.8 Å². The summed E-state index contributed by atoms with van der Waals surface area (Å²) < 4.78 is 15.5. The first kappa shape index (κ1) is 27.0. The third kappa shape index (κ3) is 4.93. The molecule has 0 fully saturated rings. The molecule has 2 aromatic carbocycles. The summed E-state index contributed by atoms with van der Waals surface area (Å²) in [5, 5.41) is 3.86. The summed E-state index contributed by atoms with van der Waals surface area (Å²) in [4.78, 5) is 45.0. The molecule has 0 saturated heterocycles. The van der Waals surface area contributed by atoms with Gasteiger partial charge in [0.15, 0.2) is 17.2 Å². The Balaban J connectivity index is 1.73. The van der Waals surface area contributed by atoms with Crippen LogP contribution in [0.25, 0.3) is 10.9 Å². The van der Waals surface area contributed by atoms with E-state index >= 15 is 0 Å². The Bertz CT molecular complexity index is 1610. The Morgan fingerprint density at radius 2 is 1.88 bits per heavy atom. The summed E-state index contributed by atoms with van der Waals surface area (Å²) in [6.45, 7) is 6.52. The first-order valence-corrected chi connectivity index (χ1v) is 13.5. The molecule has 3 heterocycles. The molecule has 0 spiro atoms. The van der Waals surface area contributed by atoms with Crippen molar-refractivity contribution in [3.8, 4) is 11.5 Å². The van der Waals surface area contributed by atoms with E-state index in [2.05, 4.69) is 14.7 Å². The lowest BCUT2D eigenvalue weighted by atomic mass is 9.97. The number of carbonyl (C=O) groups excluding carboxylic acids is 3. The maximum absolute atomic E-state index is 14.4. The molecule has 0 aliphatic carbocycles. The zero-order valence-electron chi connectivity index (χ0n) is 22.3. The van der Waals surface area contributed by atoms with Gasteiger partial charge in [0.05, 0.1) is 5.69 Å². The molecule has 5 rings (SSSR count). The van der Waals surface area contributed by atoms with E-state index in [-0.39, 0.29) is 16.3 Å².